The van der Waals surface area contributed by atoms with Crippen LogP contribution in [-0.2, 0) is 11.2 Å². The van der Waals surface area contributed by atoms with Gasteiger partial charge in [0.2, 0.25) is 5.91 Å². The first kappa shape index (κ1) is 15.6. The molecule has 120 valence electrons. The van der Waals surface area contributed by atoms with Crippen LogP contribution in [0.25, 0.3) is 0 Å². The topological polar surface area (TPSA) is 72.1 Å². The van der Waals surface area contributed by atoms with Gasteiger partial charge in [0.05, 0.1) is 24.0 Å². The van der Waals surface area contributed by atoms with Gasteiger partial charge in [-0.05, 0) is 31.9 Å². The number of hydrogen-bond acceptors (Lipinski definition) is 4. The average molecular weight is 310 g/mol. The van der Waals surface area contributed by atoms with E-state index in [1.807, 2.05) is 12.4 Å². The number of aryl methyl sites for hydroxylation is 1. The van der Waals surface area contributed by atoms with Crippen LogP contribution < -0.4 is 5.73 Å². The van der Waals surface area contributed by atoms with Crippen molar-refractivity contribution in [3.05, 3.63) is 59.2 Å². The molecule has 0 bridgehead atoms. The first-order valence-corrected chi connectivity index (χ1v) is 8.00. The van der Waals surface area contributed by atoms with Crippen LogP contribution in [0.3, 0.4) is 0 Å². The summed E-state index contributed by atoms with van der Waals surface area (Å²) >= 11 is 0. The summed E-state index contributed by atoms with van der Waals surface area (Å²) in [7, 11) is 0. The monoisotopic (exact) mass is 310 g/mol. The number of amides is 1. The van der Waals surface area contributed by atoms with E-state index in [1.54, 1.807) is 0 Å². The van der Waals surface area contributed by atoms with E-state index in [9.17, 15) is 4.79 Å². The Morgan fingerprint density at radius 2 is 2.26 bits per heavy atom. The third-order valence-electron chi connectivity index (χ3n) is 4.23. The molecule has 5 nitrogen and oxygen atoms in total. The second-order valence-electron chi connectivity index (χ2n) is 6.20. The normalized spacial score (nSPS) is 18.2. The third-order valence-corrected chi connectivity index (χ3v) is 4.23. The molecule has 1 aromatic carbocycles. The Hall–Kier alpha value is -2.27. The maximum atomic E-state index is 11.2. The zero-order chi connectivity index (χ0) is 16.2. The van der Waals surface area contributed by atoms with Gasteiger partial charge in [-0.15, -0.1) is 0 Å². The number of hydrogen-bond donors (Lipinski definition) is 1. The summed E-state index contributed by atoms with van der Waals surface area (Å²) in [5, 5.41) is 0. The van der Waals surface area contributed by atoms with Crippen molar-refractivity contribution in [3.63, 3.8) is 0 Å². The molecular formula is C18H22N4O. The minimum absolute atomic E-state index is 0.146. The third kappa shape index (κ3) is 3.93. The van der Waals surface area contributed by atoms with E-state index in [0.717, 1.165) is 37.2 Å². The molecule has 1 aliphatic rings. The van der Waals surface area contributed by atoms with Crippen LogP contribution >= 0.6 is 0 Å². The number of nitrogens with zero attached hydrogens (tertiary/aromatic N) is 3. The van der Waals surface area contributed by atoms with Crippen LogP contribution in [0.1, 0.15) is 41.4 Å². The zero-order valence-corrected chi connectivity index (χ0v) is 13.4. The molecule has 3 rings (SSSR count). The van der Waals surface area contributed by atoms with Gasteiger partial charge in [-0.2, -0.15) is 0 Å². The molecule has 0 spiro atoms. The molecule has 1 saturated heterocycles. The molecule has 1 amide bonds. The van der Waals surface area contributed by atoms with Gasteiger partial charge in [0, 0.05) is 18.8 Å². The lowest BCUT2D eigenvalue weighted by Gasteiger charge is -2.22. The number of rotatable bonds is 5. The van der Waals surface area contributed by atoms with Crippen LogP contribution in [0, 0.1) is 6.92 Å². The lowest BCUT2D eigenvalue weighted by Crippen LogP contribution is -2.33. The SMILES string of the molecule is Cc1cccc(Cc2cncc([C@H]3CCCN3CC(N)=O)n2)c1. The van der Waals surface area contributed by atoms with Gasteiger partial charge < -0.3 is 5.73 Å². The highest BCUT2D eigenvalue weighted by atomic mass is 16.1. The number of likely N-dealkylation sites (tertiary alicyclic amines) is 1. The van der Waals surface area contributed by atoms with E-state index in [4.69, 9.17) is 10.7 Å². The predicted molar refractivity (Wildman–Crippen MR) is 88.8 cm³/mol. The molecule has 23 heavy (non-hydrogen) atoms. The van der Waals surface area contributed by atoms with Gasteiger partial charge in [-0.1, -0.05) is 29.8 Å². The Morgan fingerprint density at radius 3 is 3.04 bits per heavy atom. The van der Waals surface area contributed by atoms with Gasteiger partial charge >= 0.3 is 0 Å². The van der Waals surface area contributed by atoms with E-state index >= 15 is 0 Å². The summed E-state index contributed by atoms with van der Waals surface area (Å²) in [6.07, 6.45) is 6.45. The van der Waals surface area contributed by atoms with Gasteiger partial charge in [-0.3, -0.25) is 19.7 Å². The minimum Gasteiger partial charge on any atom is -0.369 e. The van der Waals surface area contributed by atoms with Crippen molar-refractivity contribution in [2.24, 2.45) is 5.73 Å². The molecule has 1 fully saturated rings. The number of carbonyl (C=O) groups excluding carboxylic acids is 1. The molecule has 1 aliphatic heterocycles. The van der Waals surface area contributed by atoms with E-state index in [0.29, 0.717) is 0 Å². The van der Waals surface area contributed by atoms with Crippen molar-refractivity contribution in [1.82, 2.24) is 14.9 Å². The van der Waals surface area contributed by atoms with Crippen LogP contribution in [0.15, 0.2) is 36.7 Å². The molecule has 0 unspecified atom stereocenters. The largest absolute Gasteiger partial charge is 0.369 e. The van der Waals surface area contributed by atoms with E-state index in [-0.39, 0.29) is 18.5 Å². The van der Waals surface area contributed by atoms with Gasteiger partial charge in [0.1, 0.15) is 0 Å². The van der Waals surface area contributed by atoms with E-state index in [2.05, 4.69) is 41.1 Å². The maximum Gasteiger partial charge on any atom is 0.231 e. The van der Waals surface area contributed by atoms with Crippen molar-refractivity contribution in [1.29, 1.82) is 0 Å². The number of benzene rings is 1. The maximum absolute atomic E-state index is 11.2. The summed E-state index contributed by atoms with van der Waals surface area (Å²) in [4.78, 5) is 22.5. The van der Waals surface area contributed by atoms with Gasteiger partial charge in [0.25, 0.3) is 0 Å². The quantitative estimate of drug-likeness (QED) is 0.917. The standard InChI is InChI=1S/C18H22N4O/c1-13-4-2-5-14(8-13)9-15-10-20-11-16(21-15)17-6-3-7-22(17)12-18(19)23/h2,4-5,8,10-11,17H,3,6-7,9,12H2,1H3,(H2,19,23)/t17-/m1/s1. The molecule has 5 heteroatoms. The Bertz CT molecular complexity index is 701. The lowest BCUT2D eigenvalue weighted by atomic mass is 10.1. The van der Waals surface area contributed by atoms with Crippen LogP contribution in [0.5, 0.6) is 0 Å². The second kappa shape index (κ2) is 6.87. The molecular weight excluding hydrogens is 288 g/mol. The summed E-state index contributed by atoms with van der Waals surface area (Å²) in [5.41, 5.74) is 9.72. The second-order valence-corrected chi connectivity index (χ2v) is 6.20. The fourth-order valence-corrected chi connectivity index (χ4v) is 3.25. The first-order chi connectivity index (χ1) is 11.1. The molecule has 0 aliphatic carbocycles. The lowest BCUT2D eigenvalue weighted by molar-refractivity contribution is -0.119. The molecule has 2 aromatic rings. The molecule has 2 N–H and O–H groups in total. The highest BCUT2D eigenvalue weighted by Gasteiger charge is 2.28. The van der Waals surface area contributed by atoms with Crippen molar-refractivity contribution >= 4 is 5.91 Å². The van der Waals surface area contributed by atoms with Crippen LogP contribution in [0.4, 0.5) is 0 Å². The Morgan fingerprint density at radius 1 is 1.39 bits per heavy atom. The fraction of sp³-hybridized carbons (Fsp3) is 0.389. The average Bonchev–Trinajstić information content (AvgIpc) is 2.95. The molecule has 0 saturated carbocycles. The summed E-state index contributed by atoms with van der Waals surface area (Å²) in [6, 6.07) is 8.58. The number of nitrogens with two attached hydrogens (primary N) is 1. The van der Waals surface area contributed by atoms with Crippen LogP contribution in [-0.4, -0.2) is 33.9 Å². The minimum atomic E-state index is -0.291. The van der Waals surface area contributed by atoms with E-state index < -0.39 is 0 Å². The molecule has 1 atom stereocenters. The summed E-state index contributed by atoms with van der Waals surface area (Å²) in [5.74, 6) is -0.291. The number of carbonyl (C=O) groups is 1. The fourth-order valence-electron chi connectivity index (χ4n) is 3.25. The first-order valence-electron chi connectivity index (χ1n) is 8.00. The van der Waals surface area contributed by atoms with E-state index in [1.165, 1.54) is 11.1 Å². The van der Waals surface area contributed by atoms with Crippen LogP contribution in [0.2, 0.25) is 0 Å². The Labute approximate surface area is 136 Å². The van der Waals surface area contributed by atoms with Crippen molar-refractivity contribution < 1.29 is 4.79 Å². The number of aromatic nitrogens is 2. The van der Waals surface area contributed by atoms with Crippen molar-refractivity contribution in [3.8, 4) is 0 Å². The highest BCUT2D eigenvalue weighted by molar-refractivity contribution is 5.76. The highest BCUT2D eigenvalue weighted by Crippen LogP contribution is 2.30. The zero-order valence-electron chi connectivity index (χ0n) is 13.4. The van der Waals surface area contributed by atoms with Crippen molar-refractivity contribution in [2.45, 2.75) is 32.2 Å². The Kier molecular flexibility index (Phi) is 4.67. The molecule has 2 heterocycles. The Balaban J connectivity index is 1.78. The van der Waals surface area contributed by atoms with Gasteiger partial charge in [-0.25, -0.2) is 0 Å². The summed E-state index contributed by atoms with van der Waals surface area (Å²) < 4.78 is 0. The van der Waals surface area contributed by atoms with Gasteiger partial charge in [0.15, 0.2) is 0 Å². The molecule has 1 aromatic heterocycles. The molecule has 0 radical (unpaired) electrons. The van der Waals surface area contributed by atoms with Crippen molar-refractivity contribution in [2.75, 3.05) is 13.1 Å². The number of primary amides is 1. The smallest absolute Gasteiger partial charge is 0.231 e. The summed E-state index contributed by atoms with van der Waals surface area (Å²) in [6.45, 7) is 3.26. The predicted octanol–water partition coefficient (Wildman–Crippen LogP) is 2.00.